The van der Waals surface area contributed by atoms with Gasteiger partial charge >= 0.3 is 6.18 Å². The Morgan fingerprint density at radius 3 is 2.56 bits per heavy atom. The minimum atomic E-state index is -4.32. The number of hydrogen-bond acceptors (Lipinski definition) is 4. The van der Waals surface area contributed by atoms with E-state index in [0.717, 1.165) is 12.5 Å². The number of alkyl halides is 3. The van der Waals surface area contributed by atoms with E-state index in [0.29, 0.717) is 50.9 Å². The van der Waals surface area contributed by atoms with E-state index in [1.807, 2.05) is 4.90 Å². The lowest BCUT2D eigenvalue weighted by Gasteiger charge is -2.37. The molecule has 27 heavy (non-hydrogen) atoms. The number of anilines is 1. The molecule has 0 amide bonds. The summed E-state index contributed by atoms with van der Waals surface area (Å²) in [6.07, 6.45) is -1.13. The summed E-state index contributed by atoms with van der Waals surface area (Å²) in [6, 6.07) is 5.48. The molecule has 0 unspecified atom stereocenters. The number of β-amino-alcohol motifs (C(OH)–C–C–N with tert-alkyl or cyclic N) is 1. The predicted octanol–water partition coefficient (Wildman–Crippen LogP) is 3.39. The maximum absolute atomic E-state index is 12.9. The van der Waals surface area contributed by atoms with E-state index >= 15 is 0 Å². The second kappa shape index (κ2) is 8.80. The van der Waals surface area contributed by atoms with Crippen LogP contribution in [0.4, 0.5) is 18.9 Å². The standard InChI is InChI=1S/C20H29F3N2O2/c1-15-4-2-7-19(15)27-14-18(26)13-24-8-10-25(11-9-24)17-6-3-5-16(12-17)20(21,22)23/h3,5-6,12,15,18-19,26H,2,4,7-11,13-14H2,1H3/t15-,18+,19+/m1/s1. The Balaban J connectivity index is 1.43. The fourth-order valence-electron chi connectivity index (χ4n) is 4.01. The second-order valence-corrected chi connectivity index (χ2v) is 7.77. The van der Waals surface area contributed by atoms with Gasteiger partial charge in [0.15, 0.2) is 0 Å². The lowest BCUT2D eigenvalue weighted by molar-refractivity contribution is -0.137. The largest absolute Gasteiger partial charge is 0.416 e. The number of rotatable bonds is 6. The molecule has 0 aromatic heterocycles. The zero-order chi connectivity index (χ0) is 19.4. The number of aliphatic hydroxyl groups excluding tert-OH is 1. The average molecular weight is 386 g/mol. The van der Waals surface area contributed by atoms with Gasteiger partial charge in [-0.1, -0.05) is 19.4 Å². The SMILES string of the molecule is C[C@@H]1CCC[C@@H]1OC[C@@H](O)CN1CCN(c2cccc(C(F)(F)F)c2)CC1. The number of benzene rings is 1. The molecule has 4 nitrogen and oxygen atoms in total. The van der Waals surface area contributed by atoms with E-state index in [1.54, 1.807) is 6.07 Å². The highest BCUT2D eigenvalue weighted by atomic mass is 19.4. The minimum Gasteiger partial charge on any atom is -0.389 e. The van der Waals surface area contributed by atoms with Crippen LogP contribution in [0.1, 0.15) is 31.7 Å². The van der Waals surface area contributed by atoms with E-state index in [-0.39, 0.29) is 6.10 Å². The van der Waals surface area contributed by atoms with Gasteiger partial charge in [-0.3, -0.25) is 4.90 Å². The number of aliphatic hydroxyl groups is 1. The van der Waals surface area contributed by atoms with Crippen molar-refractivity contribution < 1.29 is 23.0 Å². The van der Waals surface area contributed by atoms with Gasteiger partial charge < -0.3 is 14.7 Å². The molecule has 0 spiro atoms. The van der Waals surface area contributed by atoms with Crippen molar-refractivity contribution in [3.8, 4) is 0 Å². The molecule has 1 N–H and O–H groups in total. The van der Waals surface area contributed by atoms with E-state index in [1.165, 1.54) is 25.0 Å². The van der Waals surface area contributed by atoms with Gasteiger partial charge in [0.1, 0.15) is 0 Å². The number of nitrogens with zero attached hydrogens (tertiary/aromatic N) is 2. The molecule has 1 aliphatic carbocycles. The van der Waals surface area contributed by atoms with Gasteiger partial charge in [-0.25, -0.2) is 0 Å². The lowest BCUT2D eigenvalue weighted by atomic mass is 10.1. The Morgan fingerprint density at radius 2 is 1.93 bits per heavy atom. The zero-order valence-electron chi connectivity index (χ0n) is 15.8. The van der Waals surface area contributed by atoms with Crippen molar-refractivity contribution in [1.82, 2.24) is 4.90 Å². The normalized spacial score (nSPS) is 25.7. The van der Waals surface area contributed by atoms with Crippen molar-refractivity contribution in [2.24, 2.45) is 5.92 Å². The summed E-state index contributed by atoms with van der Waals surface area (Å²) in [7, 11) is 0. The lowest BCUT2D eigenvalue weighted by Crippen LogP contribution is -2.49. The van der Waals surface area contributed by atoms with E-state index in [9.17, 15) is 18.3 Å². The van der Waals surface area contributed by atoms with Crippen LogP contribution in [0.25, 0.3) is 0 Å². The number of piperazine rings is 1. The zero-order valence-corrected chi connectivity index (χ0v) is 15.8. The van der Waals surface area contributed by atoms with Crippen molar-refractivity contribution in [1.29, 1.82) is 0 Å². The molecule has 0 bridgehead atoms. The van der Waals surface area contributed by atoms with E-state index < -0.39 is 17.8 Å². The van der Waals surface area contributed by atoms with Crippen LogP contribution in [0.2, 0.25) is 0 Å². The third-order valence-electron chi connectivity index (χ3n) is 5.67. The number of ether oxygens (including phenoxy) is 1. The Labute approximate surface area is 158 Å². The molecule has 1 aromatic carbocycles. The third kappa shape index (κ3) is 5.59. The Hall–Kier alpha value is -1.31. The highest BCUT2D eigenvalue weighted by Crippen LogP contribution is 2.32. The van der Waals surface area contributed by atoms with Gasteiger partial charge in [0, 0.05) is 38.4 Å². The maximum atomic E-state index is 12.9. The highest BCUT2D eigenvalue weighted by Gasteiger charge is 2.31. The van der Waals surface area contributed by atoms with Gasteiger partial charge in [-0.05, 0) is 37.0 Å². The first kappa shape index (κ1) is 20.4. The van der Waals surface area contributed by atoms with Gasteiger partial charge in [0.2, 0.25) is 0 Å². The summed E-state index contributed by atoms with van der Waals surface area (Å²) in [5.41, 5.74) is -0.0141. The molecule has 1 heterocycles. The summed E-state index contributed by atoms with van der Waals surface area (Å²) < 4.78 is 44.5. The van der Waals surface area contributed by atoms with Crippen molar-refractivity contribution in [2.45, 2.75) is 44.6 Å². The molecule has 0 radical (unpaired) electrons. The predicted molar refractivity (Wildman–Crippen MR) is 98.9 cm³/mol. The van der Waals surface area contributed by atoms with Crippen LogP contribution in [0, 0.1) is 5.92 Å². The fraction of sp³-hybridized carbons (Fsp3) is 0.700. The molecule has 7 heteroatoms. The van der Waals surface area contributed by atoms with Crippen molar-refractivity contribution in [2.75, 3.05) is 44.2 Å². The summed E-state index contributed by atoms with van der Waals surface area (Å²) >= 11 is 0. The van der Waals surface area contributed by atoms with Crippen molar-refractivity contribution in [3.63, 3.8) is 0 Å². The highest BCUT2D eigenvalue weighted by molar-refractivity contribution is 5.49. The Morgan fingerprint density at radius 1 is 1.19 bits per heavy atom. The molecule has 1 saturated carbocycles. The quantitative estimate of drug-likeness (QED) is 0.813. The van der Waals surface area contributed by atoms with E-state index in [4.69, 9.17) is 4.74 Å². The Bertz CT molecular complexity index is 603. The molecular weight excluding hydrogens is 357 g/mol. The number of halogens is 3. The molecular formula is C20H29F3N2O2. The molecule has 3 atom stereocenters. The molecule has 2 aliphatic rings. The topological polar surface area (TPSA) is 35.9 Å². The smallest absolute Gasteiger partial charge is 0.389 e. The molecule has 1 saturated heterocycles. The van der Waals surface area contributed by atoms with Gasteiger partial charge in [-0.2, -0.15) is 13.2 Å². The average Bonchev–Trinajstić information content (AvgIpc) is 3.05. The first-order valence-corrected chi connectivity index (χ1v) is 9.77. The minimum absolute atomic E-state index is 0.261. The van der Waals surface area contributed by atoms with Gasteiger partial charge in [-0.15, -0.1) is 0 Å². The molecule has 1 aliphatic heterocycles. The number of hydrogen-bond donors (Lipinski definition) is 1. The summed E-state index contributed by atoms with van der Waals surface area (Å²) in [6.45, 7) is 5.81. The van der Waals surface area contributed by atoms with Crippen LogP contribution in [-0.2, 0) is 10.9 Å². The molecule has 3 rings (SSSR count). The summed E-state index contributed by atoms with van der Waals surface area (Å²) in [4.78, 5) is 4.12. The van der Waals surface area contributed by atoms with Crippen LogP contribution in [0.5, 0.6) is 0 Å². The van der Waals surface area contributed by atoms with Crippen molar-refractivity contribution >= 4 is 5.69 Å². The van der Waals surface area contributed by atoms with Gasteiger partial charge in [0.25, 0.3) is 0 Å². The van der Waals surface area contributed by atoms with Gasteiger partial charge in [0.05, 0.1) is 24.4 Å². The van der Waals surface area contributed by atoms with Crippen LogP contribution in [0.15, 0.2) is 24.3 Å². The van der Waals surface area contributed by atoms with Crippen LogP contribution < -0.4 is 4.90 Å². The Kier molecular flexibility index (Phi) is 6.65. The first-order valence-electron chi connectivity index (χ1n) is 9.77. The molecule has 1 aromatic rings. The maximum Gasteiger partial charge on any atom is 0.416 e. The second-order valence-electron chi connectivity index (χ2n) is 7.77. The summed E-state index contributed by atoms with van der Waals surface area (Å²) in [5, 5.41) is 10.3. The van der Waals surface area contributed by atoms with Crippen molar-refractivity contribution in [3.05, 3.63) is 29.8 Å². The van der Waals surface area contributed by atoms with Crippen LogP contribution in [-0.4, -0.2) is 61.5 Å². The molecule has 152 valence electrons. The summed E-state index contributed by atoms with van der Waals surface area (Å²) in [5.74, 6) is 0.563. The fourth-order valence-corrected chi connectivity index (χ4v) is 4.01. The van der Waals surface area contributed by atoms with E-state index in [2.05, 4.69) is 11.8 Å². The third-order valence-corrected chi connectivity index (χ3v) is 5.67. The van der Waals surface area contributed by atoms with Crippen LogP contribution in [0.3, 0.4) is 0 Å². The molecule has 2 fully saturated rings. The van der Waals surface area contributed by atoms with Crippen LogP contribution >= 0.6 is 0 Å². The first-order chi connectivity index (χ1) is 12.8. The monoisotopic (exact) mass is 386 g/mol.